The van der Waals surface area contributed by atoms with Crippen LogP contribution in [0.1, 0.15) is 33.8 Å². The van der Waals surface area contributed by atoms with Gasteiger partial charge < -0.3 is 10.1 Å². The smallest absolute Gasteiger partial charge is 0.337 e. The Morgan fingerprint density at radius 3 is 2.56 bits per heavy atom. The predicted octanol–water partition coefficient (Wildman–Crippen LogP) is 3.90. The van der Waals surface area contributed by atoms with Crippen LogP contribution in [-0.4, -0.2) is 28.8 Å². The molecule has 2 aromatic carbocycles. The molecule has 3 aromatic rings. The van der Waals surface area contributed by atoms with Gasteiger partial charge in [-0.2, -0.15) is 5.10 Å². The van der Waals surface area contributed by atoms with Gasteiger partial charge in [-0.25, -0.2) is 9.48 Å². The lowest BCUT2D eigenvalue weighted by Gasteiger charge is -2.24. The van der Waals surface area contributed by atoms with Crippen LogP contribution in [0.25, 0.3) is 5.69 Å². The van der Waals surface area contributed by atoms with Gasteiger partial charge in [0.2, 0.25) is 5.91 Å². The molecule has 0 saturated carbocycles. The number of aromatic nitrogens is 2. The lowest BCUT2D eigenvalue weighted by Crippen LogP contribution is -2.24. The molecule has 1 aromatic heterocycles. The molecule has 0 unspecified atom stereocenters. The van der Waals surface area contributed by atoms with Crippen molar-refractivity contribution in [2.75, 3.05) is 12.4 Å². The zero-order valence-electron chi connectivity index (χ0n) is 14.5. The summed E-state index contributed by atoms with van der Waals surface area (Å²) in [6.07, 6.45) is 2.12. The Morgan fingerprint density at radius 1 is 1.19 bits per heavy atom. The molecular weight excluding hydrogens is 410 g/mol. The van der Waals surface area contributed by atoms with Crippen LogP contribution in [0.3, 0.4) is 0 Å². The number of ether oxygens (including phenoxy) is 1. The summed E-state index contributed by atoms with van der Waals surface area (Å²) in [5, 5.41) is 7.42. The minimum atomic E-state index is -0.383. The third-order valence-corrected chi connectivity index (χ3v) is 5.15. The number of hydrogen-bond donors (Lipinski definition) is 1. The third-order valence-electron chi connectivity index (χ3n) is 4.63. The Balaban J connectivity index is 1.72. The van der Waals surface area contributed by atoms with Crippen molar-refractivity contribution < 1.29 is 14.3 Å². The first-order chi connectivity index (χ1) is 13.1. The first-order valence-electron chi connectivity index (χ1n) is 8.39. The van der Waals surface area contributed by atoms with Gasteiger partial charge >= 0.3 is 5.97 Å². The molecule has 4 rings (SSSR count). The molecule has 0 aliphatic carbocycles. The van der Waals surface area contributed by atoms with E-state index in [9.17, 15) is 9.59 Å². The Morgan fingerprint density at radius 2 is 1.89 bits per heavy atom. The van der Waals surface area contributed by atoms with Crippen molar-refractivity contribution in [2.45, 2.75) is 12.3 Å². The van der Waals surface area contributed by atoms with E-state index in [0.29, 0.717) is 17.8 Å². The summed E-state index contributed by atoms with van der Waals surface area (Å²) >= 11 is 3.42. The maximum absolute atomic E-state index is 12.3. The lowest BCUT2D eigenvalue weighted by molar-refractivity contribution is -0.116. The molecule has 0 spiro atoms. The van der Waals surface area contributed by atoms with E-state index in [0.717, 1.165) is 21.3 Å². The van der Waals surface area contributed by atoms with E-state index in [4.69, 9.17) is 4.74 Å². The van der Waals surface area contributed by atoms with Crippen molar-refractivity contribution in [3.63, 3.8) is 0 Å². The monoisotopic (exact) mass is 425 g/mol. The van der Waals surface area contributed by atoms with Gasteiger partial charge in [0.15, 0.2) is 0 Å². The number of nitrogens with one attached hydrogen (secondary N) is 1. The number of nitrogens with zero attached hydrogens (tertiary/aromatic N) is 2. The molecule has 0 radical (unpaired) electrons. The summed E-state index contributed by atoms with van der Waals surface area (Å²) < 4.78 is 7.44. The summed E-state index contributed by atoms with van der Waals surface area (Å²) in [4.78, 5) is 24.0. The number of fused-ring (bicyclic) bond motifs is 1. The van der Waals surface area contributed by atoms with Crippen LogP contribution in [0.2, 0.25) is 0 Å². The maximum atomic E-state index is 12.3. The van der Waals surface area contributed by atoms with Crippen LogP contribution in [0, 0.1) is 0 Å². The molecule has 7 heteroatoms. The number of carbonyl (C=O) groups excluding carboxylic acids is 2. The van der Waals surface area contributed by atoms with Crippen LogP contribution in [0.15, 0.2) is 59.2 Å². The Labute approximate surface area is 164 Å². The van der Waals surface area contributed by atoms with E-state index in [1.165, 1.54) is 7.11 Å². The van der Waals surface area contributed by atoms with Crippen LogP contribution < -0.4 is 5.32 Å². The van der Waals surface area contributed by atoms with Crippen molar-refractivity contribution in [2.24, 2.45) is 0 Å². The predicted molar refractivity (Wildman–Crippen MR) is 104 cm³/mol. The summed E-state index contributed by atoms with van der Waals surface area (Å²) in [6.45, 7) is 0. The van der Waals surface area contributed by atoms with E-state index >= 15 is 0 Å². The van der Waals surface area contributed by atoms with Crippen LogP contribution in [0.5, 0.6) is 0 Å². The average molecular weight is 426 g/mol. The third kappa shape index (κ3) is 3.26. The minimum absolute atomic E-state index is 0.0663. The number of methoxy groups -OCH3 is 1. The lowest BCUT2D eigenvalue weighted by atomic mass is 9.87. The fourth-order valence-corrected chi connectivity index (χ4v) is 3.53. The number of carbonyl (C=O) groups is 2. The van der Waals surface area contributed by atoms with Crippen LogP contribution in [-0.2, 0) is 9.53 Å². The fourth-order valence-electron chi connectivity index (χ4n) is 3.26. The molecule has 2 heterocycles. The van der Waals surface area contributed by atoms with Gasteiger partial charge in [-0.1, -0.05) is 28.1 Å². The molecule has 1 atom stereocenters. The molecule has 1 amide bonds. The Bertz CT molecular complexity index is 1010. The highest BCUT2D eigenvalue weighted by molar-refractivity contribution is 9.10. The molecule has 1 aliphatic rings. The second-order valence-corrected chi connectivity index (χ2v) is 7.17. The van der Waals surface area contributed by atoms with Gasteiger partial charge in [-0.05, 0) is 42.0 Å². The van der Waals surface area contributed by atoms with Crippen molar-refractivity contribution in [3.8, 4) is 5.69 Å². The van der Waals surface area contributed by atoms with Crippen molar-refractivity contribution in [1.29, 1.82) is 0 Å². The molecule has 0 fully saturated rings. The largest absolute Gasteiger partial charge is 0.465 e. The first kappa shape index (κ1) is 17.5. The highest BCUT2D eigenvalue weighted by Gasteiger charge is 2.30. The van der Waals surface area contributed by atoms with Gasteiger partial charge in [0.25, 0.3) is 0 Å². The SMILES string of the molecule is COC(=O)c1ccc([C@H]2CC(=O)Nc3c2cnn3-c2ccc(Br)cc2)cc1. The number of esters is 1. The van der Waals surface area contributed by atoms with E-state index in [-0.39, 0.29) is 17.8 Å². The highest BCUT2D eigenvalue weighted by Crippen LogP contribution is 2.38. The second-order valence-electron chi connectivity index (χ2n) is 6.26. The van der Waals surface area contributed by atoms with Crippen molar-refractivity contribution in [3.05, 3.63) is 75.9 Å². The van der Waals surface area contributed by atoms with Crippen LogP contribution >= 0.6 is 15.9 Å². The molecule has 0 saturated heterocycles. The zero-order chi connectivity index (χ0) is 19.0. The van der Waals surface area contributed by atoms with Crippen molar-refractivity contribution in [1.82, 2.24) is 9.78 Å². The quantitative estimate of drug-likeness (QED) is 0.645. The molecular formula is C20H16BrN3O3. The van der Waals surface area contributed by atoms with E-state index < -0.39 is 0 Å². The minimum Gasteiger partial charge on any atom is -0.465 e. The van der Waals surface area contributed by atoms with Gasteiger partial charge in [0.1, 0.15) is 5.82 Å². The average Bonchev–Trinajstić information content (AvgIpc) is 3.11. The maximum Gasteiger partial charge on any atom is 0.337 e. The number of anilines is 1. The van der Waals surface area contributed by atoms with E-state index in [1.807, 2.05) is 36.4 Å². The number of halogens is 1. The summed E-state index contributed by atoms with van der Waals surface area (Å²) in [7, 11) is 1.35. The normalized spacial score (nSPS) is 15.8. The number of rotatable bonds is 3. The number of hydrogen-bond acceptors (Lipinski definition) is 4. The summed E-state index contributed by atoms with van der Waals surface area (Å²) in [6, 6.07) is 14.9. The van der Waals surface area contributed by atoms with Gasteiger partial charge in [0.05, 0.1) is 24.6 Å². The molecule has 6 nitrogen and oxygen atoms in total. The standard InChI is InChI=1S/C20H16BrN3O3/c1-27-20(26)13-4-2-12(3-5-13)16-10-18(25)23-19-17(16)11-22-24(19)15-8-6-14(21)7-9-15/h2-9,11,16H,10H2,1H3,(H,23,25)/t16-/m1/s1. The van der Waals surface area contributed by atoms with Gasteiger partial charge in [0, 0.05) is 22.4 Å². The fraction of sp³-hybridized carbons (Fsp3) is 0.150. The molecule has 1 N–H and O–H groups in total. The van der Waals surface area contributed by atoms with Crippen molar-refractivity contribution >= 4 is 33.6 Å². The number of amides is 1. The second kappa shape index (κ2) is 7.00. The Hall–Kier alpha value is -2.93. The van der Waals surface area contributed by atoms with E-state index in [1.54, 1.807) is 23.0 Å². The molecule has 0 bridgehead atoms. The topological polar surface area (TPSA) is 73.2 Å². The van der Waals surface area contributed by atoms with Crippen LogP contribution in [0.4, 0.5) is 5.82 Å². The summed E-state index contributed by atoms with van der Waals surface area (Å²) in [5.41, 5.74) is 3.24. The van der Waals surface area contributed by atoms with Gasteiger partial charge in [-0.3, -0.25) is 4.79 Å². The Kier molecular flexibility index (Phi) is 4.53. The van der Waals surface area contributed by atoms with Gasteiger partial charge in [-0.15, -0.1) is 0 Å². The highest BCUT2D eigenvalue weighted by atomic mass is 79.9. The summed E-state index contributed by atoms with van der Waals surface area (Å²) in [5.74, 6) is 0.107. The molecule has 1 aliphatic heterocycles. The number of benzene rings is 2. The molecule has 136 valence electrons. The molecule has 27 heavy (non-hydrogen) atoms. The first-order valence-corrected chi connectivity index (χ1v) is 9.18. The zero-order valence-corrected chi connectivity index (χ0v) is 16.1. The van der Waals surface area contributed by atoms with E-state index in [2.05, 4.69) is 26.3 Å².